The highest BCUT2D eigenvalue weighted by atomic mass is 19.1. The molecule has 1 unspecified atom stereocenters. The molecule has 1 fully saturated rings. The molecule has 2 N–H and O–H groups in total. The lowest BCUT2D eigenvalue weighted by molar-refractivity contribution is -0.127. The molecule has 8 nitrogen and oxygen atoms in total. The van der Waals surface area contributed by atoms with Crippen molar-refractivity contribution in [1.82, 2.24) is 19.8 Å². The number of nitrogens with zero attached hydrogens (tertiary/aromatic N) is 4. The van der Waals surface area contributed by atoms with Gasteiger partial charge in [-0.2, -0.15) is 4.98 Å². The van der Waals surface area contributed by atoms with E-state index in [0.29, 0.717) is 25.2 Å². The number of hydrogen-bond acceptors (Lipinski definition) is 6. The first-order chi connectivity index (χ1) is 14.4. The van der Waals surface area contributed by atoms with Crippen LogP contribution in [0.25, 0.3) is 0 Å². The molecule has 9 heteroatoms. The zero-order valence-electron chi connectivity index (χ0n) is 16.7. The summed E-state index contributed by atoms with van der Waals surface area (Å²) in [5, 5.41) is 6.16. The highest BCUT2D eigenvalue weighted by Crippen LogP contribution is 2.26. The second kappa shape index (κ2) is 8.10. The Balaban J connectivity index is 1.47. The van der Waals surface area contributed by atoms with Crippen molar-refractivity contribution in [3.63, 3.8) is 0 Å². The summed E-state index contributed by atoms with van der Waals surface area (Å²) in [5.41, 5.74) is 2.32. The number of halogens is 1. The summed E-state index contributed by atoms with van der Waals surface area (Å²) in [6.07, 6.45) is 4.02. The number of anilines is 3. The summed E-state index contributed by atoms with van der Waals surface area (Å²) in [7, 11) is 1.76. The van der Waals surface area contributed by atoms with Crippen molar-refractivity contribution in [3.8, 4) is 0 Å². The summed E-state index contributed by atoms with van der Waals surface area (Å²) < 4.78 is 14.3. The summed E-state index contributed by atoms with van der Waals surface area (Å²) in [4.78, 5) is 35.5. The first kappa shape index (κ1) is 19.8. The van der Waals surface area contributed by atoms with Gasteiger partial charge in [0.2, 0.25) is 11.9 Å². The van der Waals surface area contributed by atoms with E-state index in [1.54, 1.807) is 29.0 Å². The molecule has 2 aliphatic heterocycles. The van der Waals surface area contributed by atoms with Crippen molar-refractivity contribution >= 4 is 29.3 Å². The number of amides is 2. The maximum absolute atomic E-state index is 14.3. The lowest BCUT2D eigenvalue weighted by Crippen LogP contribution is -2.44. The van der Waals surface area contributed by atoms with Gasteiger partial charge in [0.25, 0.3) is 5.91 Å². The van der Waals surface area contributed by atoms with Crippen LogP contribution in [0.5, 0.6) is 0 Å². The summed E-state index contributed by atoms with van der Waals surface area (Å²) in [6.45, 7) is 5.19. The van der Waals surface area contributed by atoms with Crippen LogP contribution in [0.15, 0.2) is 37.1 Å². The zero-order chi connectivity index (χ0) is 21.3. The number of benzene rings is 1. The number of carbonyl (C=O) groups excluding carboxylic acids is 2. The molecule has 30 heavy (non-hydrogen) atoms. The molecule has 2 aliphatic rings. The lowest BCUT2D eigenvalue weighted by Gasteiger charge is -2.32. The maximum Gasteiger partial charge on any atom is 0.254 e. The smallest absolute Gasteiger partial charge is 0.254 e. The quantitative estimate of drug-likeness (QED) is 0.737. The Bertz CT molecular complexity index is 1010. The fourth-order valence-corrected chi connectivity index (χ4v) is 3.82. The molecule has 0 saturated carbocycles. The SMILES string of the molecule is C=CC(=O)N1CCCC(Nc2nc(Nc3ccc4c(c3)CN(C)C4=O)ncc2F)C1. The fourth-order valence-electron chi connectivity index (χ4n) is 3.82. The number of fused-ring (bicyclic) bond motifs is 1. The zero-order valence-corrected chi connectivity index (χ0v) is 16.7. The monoisotopic (exact) mass is 410 g/mol. The van der Waals surface area contributed by atoms with Crippen molar-refractivity contribution in [2.24, 2.45) is 0 Å². The van der Waals surface area contributed by atoms with Crippen LogP contribution in [-0.4, -0.2) is 57.8 Å². The molecular formula is C21H23FN6O2. The molecule has 156 valence electrons. The molecule has 0 bridgehead atoms. The first-order valence-electron chi connectivity index (χ1n) is 9.80. The number of rotatable bonds is 5. The highest BCUT2D eigenvalue weighted by Gasteiger charge is 2.25. The van der Waals surface area contributed by atoms with Crippen LogP contribution in [0, 0.1) is 5.82 Å². The third-order valence-corrected chi connectivity index (χ3v) is 5.34. The van der Waals surface area contributed by atoms with Crippen molar-refractivity contribution in [1.29, 1.82) is 0 Å². The van der Waals surface area contributed by atoms with Gasteiger partial charge in [0.1, 0.15) is 0 Å². The molecule has 1 aromatic carbocycles. The Labute approximate surface area is 173 Å². The predicted molar refractivity (Wildman–Crippen MR) is 111 cm³/mol. The molecule has 3 heterocycles. The van der Waals surface area contributed by atoms with Gasteiger partial charge in [-0.25, -0.2) is 9.37 Å². The number of aromatic nitrogens is 2. The van der Waals surface area contributed by atoms with Crippen LogP contribution < -0.4 is 10.6 Å². The predicted octanol–water partition coefficient (Wildman–Crippen LogP) is 2.53. The molecule has 2 aromatic rings. The fraction of sp³-hybridized carbons (Fsp3) is 0.333. The standard InChI is InChI=1S/C21H23FN6O2/c1-3-18(29)28-8-4-5-15(12-28)24-19-17(22)10-23-21(26-19)25-14-6-7-16-13(9-14)11-27(2)20(16)30/h3,6-7,9-10,15H,1,4-5,8,11-12H2,2H3,(H2,23,24,25,26). The first-order valence-corrected chi connectivity index (χ1v) is 9.80. The van der Waals surface area contributed by atoms with Gasteiger partial charge in [0, 0.05) is 44.0 Å². The second-order valence-electron chi connectivity index (χ2n) is 7.52. The molecule has 0 aliphatic carbocycles. The number of carbonyl (C=O) groups is 2. The molecule has 4 rings (SSSR count). The summed E-state index contributed by atoms with van der Waals surface area (Å²) in [5.74, 6) is -0.369. The van der Waals surface area contributed by atoms with E-state index in [1.165, 1.54) is 6.08 Å². The van der Waals surface area contributed by atoms with E-state index in [-0.39, 0.29) is 29.6 Å². The van der Waals surface area contributed by atoms with Gasteiger partial charge in [-0.15, -0.1) is 0 Å². The van der Waals surface area contributed by atoms with Gasteiger partial charge in [-0.3, -0.25) is 9.59 Å². The summed E-state index contributed by atoms with van der Waals surface area (Å²) in [6, 6.07) is 5.30. The van der Waals surface area contributed by atoms with Gasteiger partial charge < -0.3 is 20.4 Å². The van der Waals surface area contributed by atoms with Crippen LogP contribution in [0.3, 0.4) is 0 Å². The van der Waals surface area contributed by atoms with Crippen LogP contribution in [0.4, 0.5) is 21.8 Å². The van der Waals surface area contributed by atoms with E-state index >= 15 is 0 Å². The van der Waals surface area contributed by atoms with E-state index in [0.717, 1.165) is 30.3 Å². The second-order valence-corrected chi connectivity index (χ2v) is 7.52. The van der Waals surface area contributed by atoms with E-state index in [9.17, 15) is 14.0 Å². The number of nitrogens with one attached hydrogen (secondary N) is 2. The average molecular weight is 410 g/mol. The highest BCUT2D eigenvalue weighted by molar-refractivity contribution is 5.98. The van der Waals surface area contributed by atoms with Gasteiger partial charge >= 0.3 is 0 Å². The lowest BCUT2D eigenvalue weighted by atomic mass is 10.1. The maximum atomic E-state index is 14.3. The minimum atomic E-state index is -0.561. The van der Waals surface area contributed by atoms with Crippen molar-refractivity contribution in [2.75, 3.05) is 30.8 Å². The van der Waals surface area contributed by atoms with Crippen LogP contribution in [0.1, 0.15) is 28.8 Å². The molecule has 0 radical (unpaired) electrons. The number of piperidine rings is 1. The van der Waals surface area contributed by atoms with Gasteiger partial charge in [-0.1, -0.05) is 6.58 Å². The molecular weight excluding hydrogens is 387 g/mol. The van der Waals surface area contributed by atoms with Crippen LogP contribution in [-0.2, 0) is 11.3 Å². The average Bonchev–Trinajstić information content (AvgIpc) is 3.03. The summed E-state index contributed by atoms with van der Waals surface area (Å²) >= 11 is 0. The van der Waals surface area contributed by atoms with Gasteiger partial charge in [0.05, 0.1) is 6.20 Å². The minimum absolute atomic E-state index is 0.00229. The Hall–Kier alpha value is -3.49. The number of hydrogen-bond donors (Lipinski definition) is 2. The van der Waals surface area contributed by atoms with E-state index < -0.39 is 5.82 Å². The van der Waals surface area contributed by atoms with E-state index in [2.05, 4.69) is 27.2 Å². The molecule has 1 saturated heterocycles. The molecule has 1 atom stereocenters. The molecule has 0 spiro atoms. The minimum Gasteiger partial charge on any atom is -0.363 e. The molecule has 1 aromatic heterocycles. The van der Waals surface area contributed by atoms with E-state index in [1.807, 2.05) is 6.07 Å². The normalized spacial score (nSPS) is 18.2. The Morgan fingerprint density at radius 1 is 1.40 bits per heavy atom. The van der Waals surface area contributed by atoms with Crippen LogP contribution >= 0.6 is 0 Å². The largest absolute Gasteiger partial charge is 0.363 e. The third kappa shape index (κ3) is 3.96. The van der Waals surface area contributed by atoms with Crippen molar-refractivity contribution < 1.29 is 14.0 Å². The van der Waals surface area contributed by atoms with Crippen molar-refractivity contribution in [3.05, 3.63) is 54.0 Å². The van der Waals surface area contributed by atoms with Gasteiger partial charge in [-0.05, 0) is 42.7 Å². The van der Waals surface area contributed by atoms with Gasteiger partial charge in [0.15, 0.2) is 11.6 Å². The Kier molecular flexibility index (Phi) is 5.35. The number of likely N-dealkylation sites (tertiary alicyclic amines) is 1. The Morgan fingerprint density at radius 2 is 2.23 bits per heavy atom. The molecule has 2 amide bonds. The third-order valence-electron chi connectivity index (χ3n) is 5.34. The van der Waals surface area contributed by atoms with Crippen LogP contribution in [0.2, 0.25) is 0 Å². The van der Waals surface area contributed by atoms with Crippen molar-refractivity contribution in [2.45, 2.75) is 25.4 Å². The Morgan fingerprint density at radius 3 is 3.03 bits per heavy atom. The topological polar surface area (TPSA) is 90.5 Å². The van der Waals surface area contributed by atoms with E-state index in [4.69, 9.17) is 0 Å².